The monoisotopic (exact) mass is 285 g/mol. The third-order valence-corrected chi connectivity index (χ3v) is 4.23. The second-order valence-corrected chi connectivity index (χ2v) is 5.59. The average Bonchev–Trinajstić information content (AvgIpc) is 3.17. The molecule has 1 saturated heterocycles. The SMILES string of the molecule is COC(=O)c1cc(C2CC=CC2)cc(N2CCCC2=O)c1. The minimum absolute atomic E-state index is 0.132. The minimum Gasteiger partial charge on any atom is -0.465 e. The van der Waals surface area contributed by atoms with Gasteiger partial charge in [-0.15, -0.1) is 0 Å². The molecule has 0 spiro atoms. The number of amides is 1. The number of benzene rings is 1. The largest absolute Gasteiger partial charge is 0.465 e. The van der Waals surface area contributed by atoms with Gasteiger partial charge in [0.25, 0.3) is 0 Å². The van der Waals surface area contributed by atoms with Crippen molar-refractivity contribution in [1.29, 1.82) is 0 Å². The maximum atomic E-state index is 12.0. The van der Waals surface area contributed by atoms with E-state index in [1.807, 2.05) is 12.1 Å². The first-order valence-corrected chi connectivity index (χ1v) is 7.37. The van der Waals surface area contributed by atoms with Crippen LogP contribution in [0.25, 0.3) is 0 Å². The van der Waals surface area contributed by atoms with E-state index in [-0.39, 0.29) is 11.9 Å². The Kier molecular flexibility index (Phi) is 3.78. The number of methoxy groups -OCH3 is 1. The van der Waals surface area contributed by atoms with Crippen molar-refractivity contribution in [3.63, 3.8) is 0 Å². The van der Waals surface area contributed by atoms with Gasteiger partial charge in [0.05, 0.1) is 12.7 Å². The number of esters is 1. The maximum absolute atomic E-state index is 12.0. The van der Waals surface area contributed by atoms with Crippen molar-refractivity contribution in [2.75, 3.05) is 18.6 Å². The van der Waals surface area contributed by atoms with Gasteiger partial charge in [0.2, 0.25) is 5.91 Å². The van der Waals surface area contributed by atoms with Crippen molar-refractivity contribution < 1.29 is 14.3 Å². The van der Waals surface area contributed by atoms with Gasteiger partial charge in [0.15, 0.2) is 0 Å². The molecule has 1 aliphatic carbocycles. The molecule has 0 bridgehead atoms. The molecule has 1 aliphatic heterocycles. The van der Waals surface area contributed by atoms with E-state index in [2.05, 4.69) is 12.2 Å². The standard InChI is InChI=1S/C17H19NO3/c1-21-17(20)14-9-13(12-5-2-3-6-12)10-15(11-14)18-8-4-7-16(18)19/h2-3,9-12H,4-8H2,1H3. The van der Waals surface area contributed by atoms with Crippen LogP contribution in [0.15, 0.2) is 30.4 Å². The lowest BCUT2D eigenvalue weighted by atomic mass is 9.94. The fourth-order valence-corrected chi connectivity index (χ4v) is 3.07. The van der Waals surface area contributed by atoms with Crippen LogP contribution < -0.4 is 4.90 Å². The fraction of sp³-hybridized carbons (Fsp3) is 0.412. The molecule has 21 heavy (non-hydrogen) atoms. The molecule has 0 aromatic heterocycles. The summed E-state index contributed by atoms with van der Waals surface area (Å²) in [4.78, 5) is 25.6. The first-order chi connectivity index (χ1) is 10.2. The van der Waals surface area contributed by atoms with Crippen LogP contribution in [0.2, 0.25) is 0 Å². The van der Waals surface area contributed by atoms with Crippen LogP contribution in [0.4, 0.5) is 5.69 Å². The van der Waals surface area contributed by atoms with Crippen molar-refractivity contribution in [2.24, 2.45) is 0 Å². The van der Waals surface area contributed by atoms with Crippen LogP contribution >= 0.6 is 0 Å². The summed E-state index contributed by atoms with van der Waals surface area (Å²) in [6.45, 7) is 0.728. The van der Waals surface area contributed by atoms with E-state index in [9.17, 15) is 9.59 Å². The lowest BCUT2D eigenvalue weighted by Crippen LogP contribution is -2.24. The molecule has 0 unspecified atom stereocenters. The Morgan fingerprint density at radius 1 is 1.24 bits per heavy atom. The highest BCUT2D eigenvalue weighted by atomic mass is 16.5. The minimum atomic E-state index is -0.351. The summed E-state index contributed by atoms with van der Waals surface area (Å²) in [6, 6.07) is 5.71. The molecule has 1 aromatic rings. The molecule has 1 fully saturated rings. The highest BCUT2D eigenvalue weighted by molar-refractivity contribution is 5.97. The summed E-state index contributed by atoms with van der Waals surface area (Å²) in [5.74, 6) is 0.175. The van der Waals surface area contributed by atoms with Gasteiger partial charge >= 0.3 is 5.97 Å². The lowest BCUT2D eigenvalue weighted by Gasteiger charge is -2.20. The molecule has 4 nitrogen and oxygen atoms in total. The van der Waals surface area contributed by atoms with E-state index in [1.54, 1.807) is 11.0 Å². The summed E-state index contributed by atoms with van der Waals surface area (Å²) < 4.78 is 4.84. The predicted molar refractivity (Wildman–Crippen MR) is 80.5 cm³/mol. The van der Waals surface area contributed by atoms with Gasteiger partial charge in [-0.1, -0.05) is 12.2 Å². The summed E-state index contributed by atoms with van der Waals surface area (Å²) in [6.07, 6.45) is 7.76. The Hall–Kier alpha value is -2.10. The van der Waals surface area contributed by atoms with E-state index in [0.29, 0.717) is 17.9 Å². The van der Waals surface area contributed by atoms with E-state index < -0.39 is 0 Å². The highest BCUT2D eigenvalue weighted by Crippen LogP contribution is 2.33. The van der Waals surface area contributed by atoms with Crippen molar-refractivity contribution in [3.8, 4) is 0 Å². The third kappa shape index (κ3) is 2.71. The average molecular weight is 285 g/mol. The second kappa shape index (κ2) is 5.72. The molecule has 0 atom stereocenters. The molecular weight excluding hydrogens is 266 g/mol. The number of hydrogen-bond acceptors (Lipinski definition) is 3. The Labute approximate surface area is 124 Å². The van der Waals surface area contributed by atoms with Crippen molar-refractivity contribution in [2.45, 2.75) is 31.6 Å². The Morgan fingerprint density at radius 3 is 2.62 bits per heavy atom. The smallest absolute Gasteiger partial charge is 0.337 e. The molecule has 2 aliphatic rings. The lowest BCUT2D eigenvalue weighted by molar-refractivity contribution is -0.117. The van der Waals surface area contributed by atoms with Gasteiger partial charge in [-0.25, -0.2) is 4.79 Å². The van der Waals surface area contributed by atoms with Crippen molar-refractivity contribution >= 4 is 17.6 Å². The van der Waals surface area contributed by atoms with E-state index in [0.717, 1.165) is 37.1 Å². The highest BCUT2D eigenvalue weighted by Gasteiger charge is 2.24. The number of hydrogen-bond donors (Lipinski definition) is 0. The summed E-state index contributed by atoms with van der Waals surface area (Å²) in [5.41, 5.74) is 2.46. The van der Waals surface area contributed by atoms with Crippen molar-refractivity contribution in [3.05, 3.63) is 41.5 Å². The normalized spacial score (nSPS) is 18.5. The first-order valence-electron chi connectivity index (χ1n) is 7.37. The van der Waals surface area contributed by atoms with Crippen LogP contribution in [-0.4, -0.2) is 25.5 Å². The van der Waals surface area contributed by atoms with Crippen LogP contribution in [0.5, 0.6) is 0 Å². The molecule has 1 aromatic carbocycles. The van der Waals surface area contributed by atoms with Gasteiger partial charge in [0, 0.05) is 18.7 Å². The van der Waals surface area contributed by atoms with Gasteiger partial charge in [-0.05, 0) is 48.9 Å². The zero-order valence-corrected chi connectivity index (χ0v) is 12.2. The van der Waals surface area contributed by atoms with Crippen LogP contribution in [0.1, 0.15) is 47.5 Å². The van der Waals surface area contributed by atoms with Gasteiger partial charge in [-0.2, -0.15) is 0 Å². The quantitative estimate of drug-likeness (QED) is 0.633. The third-order valence-electron chi connectivity index (χ3n) is 4.23. The van der Waals surface area contributed by atoms with E-state index in [4.69, 9.17) is 4.74 Å². The van der Waals surface area contributed by atoms with Crippen molar-refractivity contribution in [1.82, 2.24) is 0 Å². The van der Waals surface area contributed by atoms with Crippen LogP contribution in [0, 0.1) is 0 Å². The number of nitrogens with zero attached hydrogens (tertiary/aromatic N) is 1. The van der Waals surface area contributed by atoms with Crippen LogP contribution in [-0.2, 0) is 9.53 Å². The number of ether oxygens (including phenoxy) is 1. The fourth-order valence-electron chi connectivity index (χ4n) is 3.07. The summed E-state index contributed by atoms with van der Waals surface area (Å²) in [5, 5.41) is 0. The summed E-state index contributed by atoms with van der Waals surface area (Å²) >= 11 is 0. The topological polar surface area (TPSA) is 46.6 Å². The maximum Gasteiger partial charge on any atom is 0.337 e. The molecule has 0 saturated carbocycles. The molecule has 1 amide bonds. The second-order valence-electron chi connectivity index (χ2n) is 5.59. The zero-order valence-electron chi connectivity index (χ0n) is 12.2. The molecule has 0 N–H and O–H groups in total. The zero-order chi connectivity index (χ0) is 14.8. The first kappa shape index (κ1) is 13.9. The molecule has 110 valence electrons. The van der Waals surface area contributed by atoms with Crippen LogP contribution in [0.3, 0.4) is 0 Å². The molecule has 4 heteroatoms. The molecule has 0 radical (unpaired) electrons. The number of anilines is 1. The number of carbonyl (C=O) groups excluding carboxylic acids is 2. The molecular formula is C17H19NO3. The Morgan fingerprint density at radius 2 is 2.00 bits per heavy atom. The van der Waals surface area contributed by atoms with E-state index in [1.165, 1.54) is 7.11 Å². The summed E-state index contributed by atoms with van der Waals surface area (Å²) in [7, 11) is 1.38. The molecule has 3 rings (SSSR count). The Bertz CT molecular complexity index is 598. The van der Waals surface area contributed by atoms with E-state index >= 15 is 0 Å². The van der Waals surface area contributed by atoms with Gasteiger partial charge in [0.1, 0.15) is 0 Å². The van der Waals surface area contributed by atoms with Gasteiger partial charge in [-0.3, -0.25) is 4.79 Å². The number of carbonyl (C=O) groups is 2. The Balaban J connectivity index is 1.99. The predicted octanol–water partition coefficient (Wildman–Crippen LogP) is 3.03. The number of allylic oxidation sites excluding steroid dienone is 2. The number of rotatable bonds is 3. The van der Waals surface area contributed by atoms with Gasteiger partial charge < -0.3 is 9.64 Å². The molecule has 1 heterocycles.